The number of hydrogen-bond acceptors (Lipinski definition) is 9. The Bertz CT molecular complexity index is 1510. The number of nitriles is 1. The van der Waals surface area contributed by atoms with Crippen LogP contribution >= 0.6 is 0 Å². The van der Waals surface area contributed by atoms with Gasteiger partial charge in [0, 0.05) is 12.1 Å². The summed E-state index contributed by atoms with van der Waals surface area (Å²) in [6, 6.07) is 17.1. The molecule has 1 amide bonds. The normalized spacial score (nSPS) is 11.2. The Balaban J connectivity index is 1.90. The van der Waals surface area contributed by atoms with Crippen molar-refractivity contribution in [1.29, 1.82) is 5.26 Å². The van der Waals surface area contributed by atoms with E-state index in [0.717, 1.165) is 12.1 Å². The Morgan fingerprint density at radius 1 is 1.08 bits per heavy atom. The molecule has 37 heavy (non-hydrogen) atoms. The highest BCUT2D eigenvalue weighted by atomic mass is 32.2. The molecule has 11 nitrogen and oxygen atoms in total. The van der Waals surface area contributed by atoms with Crippen molar-refractivity contribution in [2.24, 2.45) is 0 Å². The minimum absolute atomic E-state index is 0.0210. The highest BCUT2D eigenvalue weighted by Crippen LogP contribution is 2.32. The van der Waals surface area contributed by atoms with Gasteiger partial charge in [-0.1, -0.05) is 24.3 Å². The van der Waals surface area contributed by atoms with Gasteiger partial charge in [-0.05, 0) is 48.9 Å². The van der Waals surface area contributed by atoms with Crippen LogP contribution in [0.4, 0.5) is 11.4 Å². The van der Waals surface area contributed by atoms with Crippen molar-refractivity contribution in [2.45, 2.75) is 11.8 Å². The van der Waals surface area contributed by atoms with Gasteiger partial charge in [-0.25, -0.2) is 0 Å². The SMILES string of the molecule is CCOc1cc(/C=C(\C#N)C(=O)Nc2ccccc2OC)ccc1OS(=O)(=O)c1cccc([N+](=O)[O-])c1. The van der Waals surface area contributed by atoms with E-state index in [4.69, 9.17) is 13.7 Å². The summed E-state index contributed by atoms with van der Waals surface area (Å²) in [6.07, 6.45) is 1.30. The van der Waals surface area contributed by atoms with Crippen LogP contribution in [0.15, 0.2) is 77.2 Å². The van der Waals surface area contributed by atoms with Crippen molar-refractivity contribution in [2.75, 3.05) is 19.0 Å². The van der Waals surface area contributed by atoms with E-state index >= 15 is 0 Å². The fraction of sp³-hybridized carbons (Fsp3) is 0.120. The number of nitro groups is 1. The minimum Gasteiger partial charge on any atom is -0.495 e. The first kappa shape index (κ1) is 26.7. The Morgan fingerprint density at radius 2 is 1.84 bits per heavy atom. The lowest BCUT2D eigenvalue weighted by molar-refractivity contribution is -0.385. The van der Waals surface area contributed by atoms with E-state index in [2.05, 4.69) is 5.32 Å². The van der Waals surface area contributed by atoms with E-state index in [0.29, 0.717) is 17.0 Å². The van der Waals surface area contributed by atoms with Gasteiger partial charge in [-0.15, -0.1) is 0 Å². The molecule has 0 unspecified atom stereocenters. The van der Waals surface area contributed by atoms with Gasteiger partial charge in [0.2, 0.25) is 0 Å². The Kier molecular flexibility index (Phi) is 8.44. The molecule has 0 fully saturated rings. The number of nitro benzene ring substituents is 1. The molecule has 0 bridgehead atoms. The number of nitrogens with zero attached hydrogens (tertiary/aromatic N) is 2. The zero-order chi connectivity index (χ0) is 27.0. The summed E-state index contributed by atoms with van der Waals surface area (Å²) >= 11 is 0. The third-order valence-corrected chi connectivity index (χ3v) is 6.05. The fourth-order valence-corrected chi connectivity index (χ4v) is 4.10. The minimum atomic E-state index is -4.43. The van der Waals surface area contributed by atoms with Gasteiger partial charge in [0.1, 0.15) is 22.3 Å². The molecule has 0 atom stereocenters. The smallest absolute Gasteiger partial charge is 0.339 e. The largest absolute Gasteiger partial charge is 0.495 e. The lowest BCUT2D eigenvalue weighted by Gasteiger charge is -2.13. The molecule has 0 saturated heterocycles. The second-order valence-corrected chi connectivity index (χ2v) is 8.80. The third kappa shape index (κ3) is 6.62. The number of para-hydroxylation sites is 2. The molecule has 0 aliphatic rings. The predicted octanol–water partition coefficient (Wildman–Crippen LogP) is 4.32. The van der Waals surface area contributed by atoms with Gasteiger partial charge in [0.15, 0.2) is 11.5 Å². The third-order valence-electron chi connectivity index (χ3n) is 4.82. The molecule has 0 aliphatic carbocycles. The molecule has 0 aliphatic heterocycles. The van der Waals surface area contributed by atoms with Gasteiger partial charge < -0.3 is 19.0 Å². The van der Waals surface area contributed by atoms with Crippen molar-refractivity contribution in [3.05, 3.63) is 88.0 Å². The van der Waals surface area contributed by atoms with Crippen LogP contribution in [0.25, 0.3) is 6.08 Å². The number of anilines is 1. The molecule has 190 valence electrons. The molecule has 0 radical (unpaired) electrons. The highest BCUT2D eigenvalue weighted by Gasteiger charge is 2.22. The summed E-state index contributed by atoms with van der Waals surface area (Å²) in [4.78, 5) is 22.5. The van der Waals surface area contributed by atoms with Crippen molar-refractivity contribution in [3.63, 3.8) is 0 Å². The van der Waals surface area contributed by atoms with Crippen LogP contribution in [0.5, 0.6) is 17.2 Å². The number of hydrogen-bond donors (Lipinski definition) is 1. The van der Waals surface area contributed by atoms with Gasteiger partial charge >= 0.3 is 10.1 Å². The van der Waals surface area contributed by atoms with Crippen molar-refractivity contribution in [1.82, 2.24) is 0 Å². The second-order valence-electron chi connectivity index (χ2n) is 7.26. The monoisotopic (exact) mass is 523 g/mol. The van der Waals surface area contributed by atoms with E-state index in [1.807, 2.05) is 6.07 Å². The molecule has 0 spiro atoms. The lowest BCUT2D eigenvalue weighted by Crippen LogP contribution is -2.14. The van der Waals surface area contributed by atoms with Crippen LogP contribution in [0.1, 0.15) is 12.5 Å². The van der Waals surface area contributed by atoms with Crippen LogP contribution in [0, 0.1) is 21.4 Å². The van der Waals surface area contributed by atoms with E-state index in [1.165, 1.54) is 43.5 Å². The maximum Gasteiger partial charge on any atom is 0.339 e. The maximum atomic E-state index is 12.7. The van der Waals surface area contributed by atoms with Crippen molar-refractivity contribution in [3.8, 4) is 23.3 Å². The van der Waals surface area contributed by atoms with Crippen LogP contribution in [0.2, 0.25) is 0 Å². The standard InChI is InChI=1S/C25H21N3O8S/c1-3-35-24-14-17(13-18(16-26)25(29)27-21-9-4-5-10-22(21)34-2)11-12-23(24)36-37(32,33)20-8-6-7-19(15-20)28(30)31/h4-15H,3H2,1-2H3,(H,27,29)/b18-13+. The Morgan fingerprint density at radius 3 is 2.51 bits per heavy atom. The zero-order valence-electron chi connectivity index (χ0n) is 19.7. The summed E-state index contributed by atoms with van der Waals surface area (Å²) < 4.78 is 41.4. The van der Waals surface area contributed by atoms with Gasteiger partial charge in [0.05, 0.1) is 24.3 Å². The number of carbonyl (C=O) groups is 1. The zero-order valence-corrected chi connectivity index (χ0v) is 20.5. The molecule has 0 aromatic heterocycles. The Labute approximate surface area is 212 Å². The summed E-state index contributed by atoms with van der Waals surface area (Å²) in [5.74, 6) is -0.424. The molecular formula is C25H21N3O8S. The maximum absolute atomic E-state index is 12.7. The number of amides is 1. The van der Waals surface area contributed by atoms with Crippen LogP contribution in [-0.2, 0) is 14.9 Å². The quantitative estimate of drug-likeness (QED) is 0.134. The average Bonchev–Trinajstić information content (AvgIpc) is 2.89. The van der Waals surface area contributed by atoms with Gasteiger partial charge in [-0.2, -0.15) is 13.7 Å². The number of carbonyl (C=O) groups excluding carboxylic acids is 1. The predicted molar refractivity (Wildman–Crippen MR) is 134 cm³/mol. The van der Waals surface area contributed by atoms with Crippen molar-refractivity contribution < 1.29 is 31.8 Å². The molecule has 0 heterocycles. The fourth-order valence-electron chi connectivity index (χ4n) is 3.12. The Hall–Kier alpha value is -4.89. The first-order chi connectivity index (χ1) is 17.7. The number of methoxy groups -OCH3 is 1. The number of rotatable bonds is 10. The molecule has 3 aromatic carbocycles. The number of ether oxygens (including phenoxy) is 2. The van der Waals surface area contributed by atoms with Crippen LogP contribution in [0.3, 0.4) is 0 Å². The molecule has 3 rings (SSSR count). The molecule has 0 saturated carbocycles. The summed E-state index contributed by atoms with van der Waals surface area (Å²) in [6.45, 7) is 1.82. The summed E-state index contributed by atoms with van der Waals surface area (Å²) in [7, 11) is -2.99. The average molecular weight is 524 g/mol. The first-order valence-corrected chi connectivity index (χ1v) is 12.1. The topological polar surface area (TPSA) is 158 Å². The highest BCUT2D eigenvalue weighted by molar-refractivity contribution is 7.87. The van der Waals surface area contributed by atoms with E-state index in [9.17, 15) is 28.6 Å². The molecular weight excluding hydrogens is 502 g/mol. The van der Waals surface area contributed by atoms with E-state index < -0.39 is 31.5 Å². The van der Waals surface area contributed by atoms with Crippen LogP contribution < -0.4 is 19.0 Å². The number of benzene rings is 3. The van der Waals surface area contributed by atoms with Crippen molar-refractivity contribution >= 4 is 33.5 Å². The lowest BCUT2D eigenvalue weighted by atomic mass is 10.1. The molecule has 12 heteroatoms. The molecule has 1 N–H and O–H groups in total. The molecule has 3 aromatic rings. The van der Waals surface area contributed by atoms with Gasteiger partial charge in [0.25, 0.3) is 11.6 Å². The van der Waals surface area contributed by atoms with Gasteiger partial charge in [-0.3, -0.25) is 14.9 Å². The van der Waals surface area contributed by atoms with E-state index in [-0.39, 0.29) is 23.7 Å². The first-order valence-electron chi connectivity index (χ1n) is 10.7. The second kappa shape index (κ2) is 11.7. The number of nitrogens with one attached hydrogen (secondary N) is 1. The number of non-ortho nitro benzene ring substituents is 1. The van der Waals surface area contributed by atoms with E-state index in [1.54, 1.807) is 31.2 Å². The summed E-state index contributed by atoms with van der Waals surface area (Å²) in [5, 5.41) is 23.1. The summed E-state index contributed by atoms with van der Waals surface area (Å²) in [5.41, 5.74) is 0.0911. The van der Waals surface area contributed by atoms with Crippen LogP contribution in [-0.4, -0.2) is 33.0 Å².